The third-order valence-corrected chi connectivity index (χ3v) is 7.36. The molecule has 7 atom stereocenters. The van der Waals surface area contributed by atoms with Crippen LogP contribution < -0.4 is 0 Å². The normalized spacial score (nSPS) is 44.5. The lowest BCUT2D eigenvalue weighted by Crippen LogP contribution is -2.66. The molecule has 4 aliphatic rings. The minimum Gasteiger partial charge on any atom is -0.465 e. The molecule has 2 heterocycles. The fraction of sp³-hybridized carbons (Fsp3) is 0.762. The van der Waals surface area contributed by atoms with Gasteiger partial charge in [-0.2, -0.15) is 0 Å². The van der Waals surface area contributed by atoms with Gasteiger partial charge in [-0.25, -0.2) is 0 Å². The van der Waals surface area contributed by atoms with Crippen molar-refractivity contribution in [2.24, 2.45) is 10.8 Å². The van der Waals surface area contributed by atoms with Gasteiger partial charge in [0.05, 0.1) is 18.1 Å². The van der Waals surface area contributed by atoms with Crippen LogP contribution in [-0.4, -0.2) is 61.1 Å². The van der Waals surface area contributed by atoms with Crippen molar-refractivity contribution in [1.82, 2.24) is 0 Å². The van der Waals surface area contributed by atoms with E-state index < -0.39 is 46.7 Å². The minimum absolute atomic E-state index is 0.107. The maximum Gasteiger partial charge on any atom is 0.303 e. The number of rotatable bonds is 4. The Morgan fingerprint density at radius 2 is 1.79 bits per heavy atom. The van der Waals surface area contributed by atoms with E-state index in [4.69, 9.17) is 23.7 Å². The highest BCUT2D eigenvalue weighted by Crippen LogP contribution is 2.72. The number of ether oxygens (including phenoxy) is 5. The Labute approximate surface area is 169 Å². The van der Waals surface area contributed by atoms with Crippen LogP contribution in [0.1, 0.15) is 47.5 Å². The van der Waals surface area contributed by atoms with E-state index in [1.54, 1.807) is 0 Å². The molecular formula is C21H28O8. The Hall–Kier alpha value is -1.93. The monoisotopic (exact) mass is 408 g/mol. The van der Waals surface area contributed by atoms with Crippen LogP contribution >= 0.6 is 0 Å². The van der Waals surface area contributed by atoms with Gasteiger partial charge in [0.25, 0.3) is 0 Å². The summed E-state index contributed by atoms with van der Waals surface area (Å²) in [4.78, 5) is 35.6. The van der Waals surface area contributed by atoms with Crippen molar-refractivity contribution in [3.8, 4) is 0 Å². The molecule has 160 valence electrons. The number of carbonyl (C=O) groups excluding carboxylic acids is 3. The van der Waals surface area contributed by atoms with E-state index in [2.05, 4.69) is 6.08 Å². The quantitative estimate of drug-likeness (QED) is 0.300. The lowest BCUT2D eigenvalue weighted by Gasteiger charge is -2.57. The topological polar surface area (TPSA) is 101 Å². The average Bonchev–Trinajstić information content (AvgIpc) is 3.40. The van der Waals surface area contributed by atoms with Crippen LogP contribution in [0.25, 0.3) is 0 Å². The van der Waals surface area contributed by atoms with Crippen molar-refractivity contribution in [2.75, 3.05) is 13.2 Å². The molecule has 0 N–H and O–H groups in total. The molecule has 8 nitrogen and oxygen atoms in total. The highest BCUT2D eigenvalue weighted by atomic mass is 16.7. The fourth-order valence-electron chi connectivity index (χ4n) is 5.88. The smallest absolute Gasteiger partial charge is 0.303 e. The number of epoxide rings is 1. The van der Waals surface area contributed by atoms with Crippen molar-refractivity contribution < 1.29 is 38.1 Å². The van der Waals surface area contributed by atoms with Crippen molar-refractivity contribution in [2.45, 2.75) is 77.5 Å². The Bertz CT molecular complexity index is 784. The predicted molar refractivity (Wildman–Crippen MR) is 98.6 cm³/mol. The van der Waals surface area contributed by atoms with Gasteiger partial charge >= 0.3 is 17.9 Å². The first kappa shape index (κ1) is 20.3. The van der Waals surface area contributed by atoms with Crippen LogP contribution in [0.4, 0.5) is 0 Å². The van der Waals surface area contributed by atoms with Crippen LogP contribution in [0.5, 0.6) is 0 Å². The first-order chi connectivity index (χ1) is 13.6. The van der Waals surface area contributed by atoms with Gasteiger partial charge in [-0.05, 0) is 19.8 Å². The molecule has 0 aromatic carbocycles. The van der Waals surface area contributed by atoms with E-state index in [1.807, 2.05) is 13.8 Å². The predicted octanol–water partition coefficient (Wildman–Crippen LogP) is 1.70. The van der Waals surface area contributed by atoms with Gasteiger partial charge in [-0.1, -0.05) is 18.6 Å². The van der Waals surface area contributed by atoms with Crippen molar-refractivity contribution >= 4 is 17.9 Å². The first-order valence-electron chi connectivity index (χ1n) is 10.0. The van der Waals surface area contributed by atoms with Crippen LogP contribution in [0.15, 0.2) is 11.6 Å². The van der Waals surface area contributed by atoms with Crippen molar-refractivity contribution in [3.05, 3.63) is 11.6 Å². The number of hydrogen-bond donors (Lipinski definition) is 0. The number of allylic oxidation sites excluding steroid dienone is 1. The second kappa shape index (κ2) is 6.54. The molecule has 0 unspecified atom stereocenters. The van der Waals surface area contributed by atoms with Gasteiger partial charge in [0.2, 0.25) is 0 Å². The number of esters is 3. The molecule has 2 bridgehead atoms. The highest BCUT2D eigenvalue weighted by molar-refractivity contribution is 5.68. The Kier molecular flexibility index (Phi) is 4.59. The van der Waals surface area contributed by atoms with Crippen LogP contribution in [-0.2, 0) is 38.1 Å². The summed E-state index contributed by atoms with van der Waals surface area (Å²) in [5, 5.41) is 0. The summed E-state index contributed by atoms with van der Waals surface area (Å²) in [5.74, 6) is -1.34. The molecule has 1 spiro atoms. The van der Waals surface area contributed by atoms with Gasteiger partial charge in [0.15, 0.2) is 12.2 Å². The number of carbonyl (C=O) groups is 3. The van der Waals surface area contributed by atoms with E-state index in [-0.39, 0.29) is 18.7 Å². The molecule has 29 heavy (non-hydrogen) atoms. The SMILES string of the molecule is CC(=O)OC[C@@]12CCC(C)=C[C@@H]1O[C@H]1[C@@H](OC(C)=O)[C@@H](OC(C)=O)[C@]2(C)[C@]12CO2. The molecule has 2 aliphatic heterocycles. The zero-order valence-electron chi connectivity index (χ0n) is 17.5. The zero-order valence-corrected chi connectivity index (χ0v) is 17.5. The summed E-state index contributed by atoms with van der Waals surface area (Å²) in [6, 6.07) is 0. The van der Waals surface area contributed by atoms with E-state index in [1.165, 1.54) is 26.3 Å². The number of fused-ring (bicyclic) bond motifs is 2. The summed E-state index contributed by atoms with van der Waals surface area (Å²) in [5.41, 5.74) is -1.04. The Morgan fingerprint density at radius 3 is 2.34 bits per heavy atom. The van der Waals surface area contributed by atoms with E-state index in [9.17, 15) is 14.4 Å². The van der Waals surface area contributed by atoms with Gasteiger partial charge < -0.3 is 23.7 Å². The van der Waals surface area contributed by atoms with Crippen molar-refractivity contribution in [1.29, 1.82) is 0 Å². The second-order valence-corrected chi connectivity index (χ2v) is 8.91. The molecule has 0 amide bonds. The largest absolute Gasteiger partial charge is 0.465 e. The summed E-state index contributed by atoms with van der Waals surface area (Å²) in [7, 11) is 0. The highest BCUT2D eigenvalue weighted by Gasteiger charge is 2.86. The molecule has 3 fully saturated rings. The third-order valence-electron chi connectivity index (χ3n) is 7.36. The Morgan fingerprint density at radius 1 is 1.14 bits per heavy atom. The van der Waals surface area contributed by atoms with E-state index in [0.717, 1.165) is 6.42 Å². The zero-order chi connectivity index (χ0) is 21.2. The molecule has 8 heteroatoms. The summed E-state index contributed by atoms with van der Waals surface area (Å²) < 4.78 is 29.4. The Balaban J connectivity index is 1.87. The summed E-state index contributed by atoms with van der Waals surface area (Å²) >= 11 is 0. The van der Waals surface area contributed by atoms with Gasteiger partial charge in [-0.3, -0.25) is 14.4 Å². The standard InChI is InChI=1S/C21H28O8/c1-11-6-7-20(9-25-12(2)22)15(8-11)29-18-16(27-13(3)23)17(28-14(4)24)19(20,5)21(18)10-26-21/h8,15-18H,6-7,9-10H2,1-5H3/t15-,16-,17+,18-,19-,20-,21-/m0/s1. The van der Waals surface area contributed by atoms with E-state index in [0.29, 0.717) is 13.0 Å². The molecular weight excluding hydrogens is 380 g/mol. The summed E-state index contributed by atoms with van der Waals surface area (Å²) in [6.45, 7) is 8.57. The molecule has 0 aromatic heterocycles. The molecule has 0 radical (unpaired) electrons. The second-order valence-electron chi connectivity index (χ2n) is 8.91. The average molecular weight is 408 g/mol. The fourth-order valence-corrected chi connectivity index (χ4v) is 5.88. The molecule has 4 rings (SSSR count). The first-order valence-corrected chi connectivity index (χ1v) is 10.0. The minimum atomic E-state index is -0.794. The van der Waals surface area contributed by atoms with Gasteiger partial charge in [0, 0.05) is 26.2 Å². The lowest BCUT2D eigenvalue weighted by atomic mass is 9.51. The molecule has 2 aliphatic carbocycles. The maximum absolute atomic E-state index is 12.0. The van der Waals surface area contributed by atoms with Crippen molar-refractivity contribution in [3.63, 3.8) is 0 Å². The molecule has 2 saturated heterocycles. The maximum atomic E-state index is 12.0. The van der Waals surface area contributed by atoms with Crippen LogP contribution in [0.2, 0.25) is 0 Å². The third kappa shape index (κ3) is 2.68. The summed E-state index contributed by atoms with van der Waals surface area (Å²) in [6.07, 6.45) is 1.00. The van der Waals surface area contributed by atoms with Crippen LogP contribution in [0, 0.1) is 10.8 Å². The number of hydrogen-bond acceptors (Lipinski definition) is 8. The van der Waals surface area contributed by atoms with Gasteiger partial charge in [-0.15, -0.1) is 0 Å². The molecule has 1 saturated carbocycles. The van der Waals surface area contributed by atoms with Gasteiger partial charge in [0.1, 0.15) is 18.3 Å². The van der Waals surface area contributed by atoms with E-state index >= 15 is 0 Å². The molecule has 0 aromatic rings. The lowest BCUT2D eigenvalue weighted by molar-refractivity contribution is -0.233. The van der Waals surface area contributed by atoms with Crippen LogP contribution in [0.3, 0.4) is 0 Å².